The van der Waals surface area contributed by atoms with Gasteiger partial charge in [-0.1, -0.05) is 6.07 Å². The summed E-state index contributed by atoms with van der Waals surface area (Å²) in [6, 6.07) is 8.66. The van der Waals surface area contributed by atoms with E-state index in [-0.39, 0.29) is 24.1 Å². The molecule has 1 saturated carbocycles. The number of hydrogen-bond donors (Lipinski definition) is 2. The molecule has 10 rings (SSSR count). The summed E-state index contributed by atoms with van der Waals surface area (Å²) in [4.78, 5) is 72.7. The first-order valence-corrected chi connectivity index (χ1v) is 22.7. The molecule has 0 radical (unpaired) electrons. The number of hydrogen-bond acceptors (Lipinski definition) is 15. The van der Waals surface area contributed by atoms with Crippen molar-refractivity contribution in [2.75, 3.05) is 49.5 Å². The summed E-state index contributed by atoms with van der Waals surface area (Å²) in [5, 5.41) is 15.3. The molecule has 4 aliphatic heterocycles. The van der Waals surface area contributed by atoms with Crippen molar-refractivity contribution in [3.63, 3.8) is 0 Å². The fourth-order valence-electron chi connectivity index (χ4n) is 9.10. The number of piperidine rings is 2. The van der Waals surface area contributed by atoms with Gasteiger partial charge in [0.25, 0.3) is 21.8 Å². The van der Waals surface area contributed by atoms with Gasteiger partial charge in [0, 0.05) is 69.7 Å². The Labute approximate surface area is 357 Å². The Kier molecular flexibility index (Phi) is 10.1. The summed E-state index contributed by atoms with van der Waals surface area (Å²) >= 11 is 0. The Morgan fingerprint density at radius 2 is 1.63 bits per heavy atom. The zero-order chi connectivity index (χ0) is 42.9. The molecule has 4 amide bonds. The standard InChI is InChI=1S/C42H47N13O6S/c1-25(2)55-34-20-36(46-35-9-12-43-38(47-35)27-21-45-53(24-27)62(60,61)29-4-5-29)44-22-32(34)39(49-55)52-17-15-51(16-18-52)28-10-13-50(14-11-28)23-26-3-6-30-31(19-26)42(59)54(41(30)58)33-7-8-37(56)48-40(33)57/h3,6,9,12,19-22,24-25,28-29,33H,4-5,7-8,10-11,13-18,23H2,1-2H3,(H,48,56,57)(H,43,44,46,47). The number of rotatable bonds is 11. The van der Waals surface area contributed by atoms with Crippen LogP contribution in [0.3, 0.4) is 0 Å². The molecule has 1 atom stereocenters. The Morgan fingerprint density at radius 1 is 0.855 bits per heavy atom. The minimum atomic E-state index is -3.50. The Bertz CT molecular complexity index is 2730. The number of imide groups is 2. The largest absolute Gasteiger partial charge is 0.352 e. The maximum Gasteiger partial charge on any atom is 0.262 e. The molecule has 0 spiro atoms. The van der Waals surface area contributed by atoms with Crippen molar-refractivity contribution in [2.45, 2.75) is 82.3 Å². The lowest BCUT2D eigenvalue weighted by Crippen LogP contribution is -2.54. The summed E-state index contributed by atoms with van der Waals surface area (Å²) in [5.74, 6) is 0.390. The Balaban J connectivity index is 0.750. The average molecular weight is 862 g/mol. The molecule has 20 heteroatoms. The molecular weight excluding hydrogens is 815 g/mol. The highest BCUT2D eigenvalue weighted by Crippen LogP contribution is 2.34. The predicted octanol–water partition coefficient (Wildman–Crippen LogP) is 2.94. The number of aromatic nitrogens is 7. The van der Waals surface area contributed by atoms with E-state index in [1.807, 2.05) is 23.0 Å². The molecule has 322 valence electrons. The van der Waals surface area contributed by atoms with Crippen LogP contribution in [-0.4, -0.2) is 137 Å². The van der Waals surface area contributed by atoms with E-state index in [4.69, 9.17) is 10.1 Å². The number of piperazine rings is 1. The molecule has 1 aromatic carbocycles. The van der Waals surface area contributed by atoms with E-state index in [9.17, 15) is 27.6 Å². The van der Waals surface area contributed by atoms with Crippen LogP contribution >= 0.6 is 0 Å². The molecule has 4 aromatic heterocycles. The van der Waals surface area contributed by atoms with Crippen molar-refractivity contribution >= 4 is 62.0 Å². The molecule has 3 saturated heterocycles. The van der Waals surface area contributed by atoms with Crippen LogP contribution in [0.15, 0.2) is 55.1 Å². The van der Waals surface area contributed by atoms with Gasteiger partial charge in [-0.05, 0) is 82.8 Å². The third kappa shape index (κ3) is 7.38. The van der Waals surface area contributed by atoms with E-state index < -0.39 is 39.7 Å². The van der Waals surface area contributed by atoms with Crippen LogP contribution in [0, 0.1) is 0 Å². The van der Waals surface area contributed by atoms with Gasteiger partial charge in [-0.25, -0.2) is 23.4 Å². The maximum absolute atomic E-state index is 13.4. The van der Waals surface area contributed by atoms with E-state index >= 15 is 0 Å². The van der Waals surface area contributed by atoms with Crippen LogP contribution in [0.2, 0.25) is 0 Å². The van der Waals surface area contributed by atoms with Crippen LogP contribution in [0.1, 0.15) is 84.7 Å². The molecule has 5 aliphatic rings. The first-order chi connectivity index (χ1) is 29.9. The zero-order valence-electron chi connectivity index (χ0n) is 34.5. The summed E-state index contributed by atoms with van der Waals surface area (Å²) in [7, 11) is -3.50. The number of nitrogens with one attached hydrogen (secondary N) is 2. The molecule has 2 N–H and O–H groups in total. The molecule has 4 fully saturated rings. The lowest BCUT2D eigenvalue weighted by molar-refractivity contribution is -0.136. The first kappa shape index (κ1) is 40.0. The third-order valence-electron chi connectivity index (χ3n) is 12.6. The van der Waals surface area contributed by atoms with Crippen LogP contribution in [0.4, 0.5) is 17.5 Å². The predicted molar refractivity (Wildman–Crippen MR) is 227 cm³/mol. The van der Waals surface area contributed by atoms with E-state index in [1.54, 1.807) is 24.4 Å². The number of likely N-dealkylation sites (tertiary alicyclic amines) is 1. The van der Waals surface area contributed by atoms with E-state index in [0.29, 0.717) is 59.6 Å². The van der Waals surface area contributed by atoms with Gasteiger partial charge in [0.15, 0.2) is 11.6 Å². The number of amides is 4. The van der Waals surface area contributed by atoms with Crippen LogP contribution in [0.5, 0.6) is 0 Å². The topological polar surface area (TPSA) is 214 Å². The highest BCUT2D eigenvalue weighted by atomic mass is 32.2. The number of anilines is 3. The van der Waals surface area contributed by atoms with Crippen LogP contribution < -0.4 is 15.5 Å². The third-order valence-corrected chi connectivity index (χ3v) is 14.6. The summed E-state index contributed by atoms with van der Waals surface area (Å²) in [6.45, 7) is 10.2. The zero-order valence-corrected chi connectivity index (χ0v) is 35.3. The van der Waals surface area contributed by atoms with Crippen molar-refractivity contribution in [1.29, 1.82) is 0 Å². The molecule has 1 unspecified atom stereocenters. The fourth-order valence-corrected chi connectivity index (χ4v) is 10.6. The molecule has 0 bridgehead atoms. The SMILES string of the molecule is CC(C)n1nc(N2CCN(C3CCN(Cc4ccc5c(c4)C(=O)N(C4CCC(=O)NC4=O)C5=O)CC3)CC2)c2cnc(Nc3ccnc(-c4cnn(S(=O)(=O)C5CC5)c4)n3)cc21. The lowest BCUT2D eigenvalue weighted by atomic mass is 10.0. The van der Waals surface area contributed by atoms with Crippen molar-refractivity contribution < 1.29 is 27.6 Å². The number of fused-ring (bicyclic) bond motifs is 2. The molecule has 8 heterocycles. The highest BCUT2D eigenvalue weighted by Gasteiger charge is 2.45. The van der Waals surface area contributed by atoms with Crippen molar-refractivity contribution in [3.05, 3.63) is 71.8 Å². The van der Waals surface area contributed by atoms with E-state index in [0.717, 1.165) is 83.4 Å². The van der Waals surface area contributed by atoms with E-state index in [2.05, 4.69) is 54.2 Å². The van der Waals surface area contributed by atoms with Gasteiger partial charge >= 0.3 is 0 Å². The van der Waals surface area contributed by atoms with Gasteiger partial charge in [-0.2, -0.15) is 14.3 Å². The quantitative estimate of drug-likeness (QED) is 0.183. The van der Waals surface area contributed by atoms with Crippen molar-refractivity contribution in [1.82, 2.24) is 53.9 Å². The average Bonchev–Trinajstić information content (AvgIpc) is 3.81. The minimum Gasteiger partial charge on any atom is -0.352 e. The van der Waals surface area contributed by atoms with Gasteiger partial charge in [-0.15, -0.1) is 0 Å². The fraction of sp³-hybridized carbons (Fsp3) is 0.452. The van der Waals surface area contributed by atoms with Gasteiger partial charge in [0.05, 0.1) is 45.2 Å². The minimum absolute atomic E-state index is 0.0881. The molecular formula is C42H47N13O6S. The number of carbonyl (C=O) groups is 4. The summed E-state index contributed by atoms with van der Waals surface area (Å²) in [6.07, 6.45) is 9.97. The van der Waals surface area contributed by atoms with Crippen LogP contribution in [0.25, 0.3) is 22.3 Å². The molecule has 5 aromatic rings. The Morgan fingerprint density at radius 3 is 2.37 bits per heavy atom. The highest BCUT2D eigenvalue weighted by molar-refractivity contribution is 7.90. The monoisotopic (exact) mass is 861 g/mol. The van der Waals surface area contributed by atoms with Gasteiger partial charge in [-0.3, -0.25) is 43.9 Å². The summed E-state index contributed by atoms with van der Waals surface area (Å²) < 4.78 is 28.4. The number of nitrogens with zero attached hydrogens (tertiary/aromatic N) is 11. The lowest BCUT2D eigenvalue weighted by Gasteiger charge is -2.43. The maximum atomic E-state index is 13.4. The second-order valence-corrected chi connectivity index (χ2v) is 19.1. The smallest absolute Gasteiger partial charge is 0.262 e. The molecule has 62 heavy (non-hydrogen) atoms. The number of carbonyl (C=O) groups excluding carboxylic acids is 4. The van der Waals surface area contributed by atoms with Gasteiger partial charge < -0.3 is 10.2 Å². The summed E-state index contributed by atoms with van der Waals surface area (Å²) in [5.41, 5.74) is 3.01. The van der Waals surface area contributed by atoms with Crippen molar-refractivity contribution in [2.24, 2.45) is 0 Å². The molecule has 1 aliphatic carbocycles. The first-order valence-electron chi connectivity index (χ1n) is 21.2. The van der Waals surface area contributed by atoms with Gasteiger partial charge in [0.2, 0.25) is 11.8 Å². The molecule has 19 nitrogen and oxygen atoms in total. The second kappa shape index (κ2) is 15.7. The number of benzene rings is 1. The normalized spacial score (nSPS) is 20.7. The number of pyridine rings is 1. The van der Waals surface area contributed by atoms with E-state index in [1.165, 1.54) is 12.4 Å². The van der Waals surface area contributed by atoms with Crippen LogP contribution in [-0.2, 0) is 26.2 Å². The second-order valence-electron chi connectivity index (χ2n) is 17.0. The van der Waals surface area contributed by atoms with Crippen molar-refractivity contribution in [3.8, 4) is 11.4 Å². The van der Waals surface area contributed by atoms with Gasteiger partial charge in [0.1, 0.15) is 17.7 Å². The Hall–Kier alpha value is -6.12.